The van der Waals surface area contributed by atoms with Crippen LogP contribution in [0.4, 0.5) is 4.39 Å². The van der Waals surface area contributed by atoms with E-state index in [-0.39, 0.29) is 5.82 Å². The van der Waals surface area contributed by atoms with E-state index in [1.165, 1.54) is 23.9 Å². The molecule has 0 aliphatic heterocycles. The number of nitrogens with zero attached hydrogens (tertiary/aromatic N) is 4. The first kappa shape index (κ1) is 20.3. The van der Waals surface area contributed by atoms with Gasteiger partial charge in [0.05, 0.1) is 19.7 Å². The van der Waals surface area contributed by atoms with Gasteiger partial charge in [0.1, 0.15) is 5.82 Å². The van der Waals surface area contributed by atoms with Gasteiger partial charge in [-0.05, 0) is 23.8 Å². The zero-order chi connectivity index (χ0) is 22.1. The summed E-state index contributed by atoms with van der Waals surface area (Å²) >= 11 is 1.51. The monoisotopic (exact) mass is 446 g/mol. The Kier molecular flexibility index (Phi) is 5.36. The predicted octanol–water partition coefficient (Wildman–Crippen LogP) is 5.39. The summed E-state index contributed by atoms with van der Waals surface area (Å²) < 4.78 is 26.0. The first-order valence-corrected chi connectivity index (χ1v) is 10.9. The minimum absolute atomic E-state index is 0.255. The second-order valence-electron chi connectivity index (χ2n) is 7.07. The molecule has 0 spiro atoms. The van der Waals surface area contributed by atoms with Gasteiger partial charge >= 0.3 is 0 Å². The molecule has 0 amide bonds. The highest BCUT2D eigenvalue weighted by Crippen LogP contribution is 2.35. The molecule has 3 aromatic carbocycles. The molecular weight excluding hydrogens is 427 g/mol. The van der Waals surface area contributed by atoms with Crippen molar-refractivity contribution in [2.75, 3.05) is 14.2 Å². The van der Waals surface area contributed by atoms with Crippen molar-refractivity contribution in [1.82, 2.24) is 19.6 Å². The molecule has 0 atom stereocenters. The molecule has 0 fully saturated rings. The average Bonchev–Trinajstić information content (AvgIpc) is 3.29. The Morgan fingerprint density at radius 3 is 2.34 bits per heavy atom. The lowest BCUT2D eigenvalue weighted by molar-refractivity contribution is 0.355. The fraction of sp³-hybridized carbons (Fsp3) is 0.125. The SMILES string of the molecule is COc1cc2nc(SCc3ccc(F)cc3)n3nc(-c4ccccc4)nc3c2cc1OC. The number of hydrogen-bond acceptors (Lipinski definition) is 6. The van der Waals surface area contributed by atoms with Crippen LogP contribution in [0.2, 0.25) is 0 Å². The van der Waals surface area contributed by atoms with Crippen LogP contribution >= 0.6 is 11.8 Å². The Morgan fingerprint density at radius 2 is 1.62 bits per heavy atom. The average molecular weight is 447 g/mol. The summed E-state index contributed by atoms with van der Waals surface area (Å²) in [6, 6.07) is 20.0. The number of aromatic nitrogens is 4. The van der Waals surface area contributed by atoms with E-state index in [1.807, 2.05) is 42.5 Å². The topological polar surface area (TPSA) is 61.5 Å². The Hall–Kier alpha value is -3.65. The molecule has 0 N–H and O–H groups in total. The quantitative estimate of drug-likeness (QED) is 0.257. The van der Waals surface area contributed by atoms with E-state index >= 15 is 0 Å². The molecular formula is C24H19FN4O2S. The highest BCUT2D eigenvalue weighted by molar-refractivity contribution is 7.98. The Balaban J connectivity index is 1.67. The zero-order valence-electron chi connectivity index (χ0n) is 17.4. The summed E-state index contributed by atoms with van der Waals surface area (Å²) in [6.07, 6.45) is 0. The largest absolute Gasteiger partial charge is 0.493 e. The maximum absolute atomic E-state index is 13.3. The second-order valence-corrected chi connectivity index (χ2v) is 8.01. The summed E-state index contributed by atoms with van der Waals surface area (Å²) in [5.41, 5.74) is 3.31. The smallest absolute Gasteiger partial charge is 0.191 e. The van der Waals surface area contributed by atoms with Crippen LogP contribution in [-0.4, -0.2) is 33.8 Å². The zero-order valence-corrected chi connectivity index (χ0v) is 18.3. The number of rotatable bonds is 6. The van der Waals surface area contributed by atoms with Crippen molar-refractivity contribution < 1.29 is 13.9 Å². The van der Waals surface area contributed by atoms with E-state index in [1.54, 1.807) is 30.9 Å². The lowest BCUT2D eigenvalue weighted by atomic mass is 10.2. The molecule has 5 rings (SSSR count). The van der Waals surface area contributed by atoms with Crippen LogP contribution in [0.1, 0.15) is 5.56 Å². The standard InChI is InChI=1S/C24H19FN4O2S/c1-30-20-12-18-19(13-21(20)31-2)26-24(32-14-15-8-10-17(25)11-9-15)29-23(18)27-22(28-29)16-6-4-3-5-7-16/h3-13H,14H2,1-2H3. The molecule has 32 heavy (non-hydrogen) atoms. The van der Waals surface area contributed by atoms with Gasteiger partial charge in [0, 0.05) is 22.8 Å². The molecule has 6 nitrogen and oxygen atoms in total. The van der Waals surface area contributed by atoms with Gasteiger partial charge in [-0.1, -0.05) is 54.2 Å². The number of benzene rings is 3. The van der Waals surface area contributed by atoms with Crippen LogP contribution in [0.25, 0.3) is 27.9 Å². The Morgan fingerprint density at radius 1 is 0.906 bits per heavy atom. The minimum atomic E-state index is -0.255. The molecule has 0 saturated heterocycles. The molecule has 0 aliphatic carbocycles. The summed E-state index contributed by atoms with van der Waals surface area (Å²) in [5, 5.41) is 6.24. The summed E-state index contributed by atoms with van der Waals surface area (Å²) in [6.45, 7) is 0. The summed E-state index contributed by atoms with van der Waals surface area (Å²) in [4.78, 5) is 9.66. The number of ether oxygens (including phenoxy) is 2. The lowest BCUT2D eigenvalue weighted by Gasteiger charge is -2.11. The van der Waals surface area contributed by atoms with E-state index in [0.717, 1.165) is 22.0 Å². The van der Waals surface area contributed by atoms with Crippen LogP contribution in [-0.2, 0) is 5.75 Å². The van der Waals surface area contributed by atoms with Crippen molar-refractivity contribution in [2.45, 2.75) is 10.9 Å². The number of thioether (sulfide) groups is 1. The van der Waals surface area contributed by atoms with Gasteiger partial charge in [-0.2, -0.15) is 4.52 Å². The third-order valence-electron chi connectivity index (χ3n) is 5.06. The summed E-state index contributed by atoms with van der Waals surface area (Å²) in [7, 11) is 3.19. The molecule has 2 aromatic heterocycles. The fourth-order valence-corrected chi connectivity index (χ4v) is 4.34. The first-order valence-electron chi connectivity index (χ1n) is 9.91. The molecule has 0 saturated carbocycles. The molecule has 2 heterocycles. The van der Waals surface area contributed by atoms with Gasteiger partial charge in [0.2, 0.25) is 0 Å². The number of halogens is 1. The Labute approximate surface area is 188 Å². The number of fused-ring (bicyclic) bond motifs is 3. The highest BCUT2D eigenvalue weighted by atomic mass is 32.2. The van der Waals surface area contributed by atoms with E-state index in [4.69, 9.17) is 24.5 Å². The number of methoxy groups -OCH3 is 2. The van der Waals surface area contributed by atoms with Crippen molar-refractivity contribution in [3.8, 4) is 22.9 Å². The van der Waals surface area contributed by atoms with Gasteiger partial charge in [-0.25, -0.2) is 14.4 Å². The molecule has 0 bridgehead atoms. The van der Waals surface area contributed by atoms with Crippen molar-refractivity contribution in [3.05, 3.63) is 78.1 Å². The van der Waals surface area contributed by atoms with Crippen molar-refractivity contribution in [3.63, 3.8) is 0 Å². The highest BCUT2D eigenvalue weighted by Gasteiger charge is 2.18. The molecule has 0 radical (unpaired) electrons. The third-order valence-corrected chi connectivity index (χ3v) is 6.06. The fourth-order valence-electron chi connectivity index (χ4n) is 3.44. The van der Waals surface area contributed by atoms with Gasteiger partial charge in [0.15, 0.2) is 28.1 Å². The van der Waals surface area contributed by atoms with Crippen LogP contribution in [0.3, 0.4) is 0 Å². The Bertz CT molecular complexity index is 1410. The van der Waals surface area contributed by atoms with E-state index in [0.29, 0.717) is 33.9 Å². The van der Waals surface area contributed by atoms with E-state index < -0.39 is 0 Å². The normalized spacial score (nSPS) is 11.2. The van der Waals surface area contributed by atoms with Crippen molar-refractivity contribution >= 4 is 28.3 Å². The van der Waals surface area contributed by atoms with E-state index in [9.17, 15) is 4.39 Å². The molecule has 8 heteroatoms. The molecule has 0 unspecified atom stereocenters. The van der Waals surface area contributed by atoms with Crippen molar-refractivity contribution in [1.29, 1.82) is 0 Å². The van der Waals surface area contributed by atoms with Gasteiger partial charge < -0.3 is 9.47 Å². The van der Waals surface area contributed by atoms with Crippen LogP contribution in [0.15, 0.2) is 71.9 Å². The molecule has 0 aliphatic rings. The van der Waals surface area contributed by atoms with Gasteiger partial charge in [-0.15, -0.1) is 5.10 Å². The molecule has 160 valence electrons. The maximum Gasteiger partial charge on any atom is 0.191 e. The predicted molar refractivity (Wildman–Crippen MR) is 123 cm³/mol. The number of hydrogen-bond donors (Lipinski definition) is 0. The minimum Gasteiger partial charge on any atom is -0.493 e. The third kappa shape index (κ3) is 3.73. The molecule has 5 aromatic rings. The second kappa shape index (κ2) is 8.47. The maximum atomic E-state index is 13.3. The van der Waals surface area contributed by atoms with Crippen LogP contribution < -0.4 is 9.47 Å². The van der Waals surface area contributed by atoms with Crippen LogP contribution in [0, 0.1) is 5.82 Å². The lowest BCUT2D eigenvalue weighted by Crippen LogP contribution is -2.00. The summed E-state index contributed by atoms with van der Waals surface area (Å²) in [5.74, 6) is 2.16. The van der Waals surface area contributed by atoms with Gasteiger partial charge in [-0.3, -0.25) is 0 Å². The van der Waals surface area contributed by atoms with Crippen molar-refractivity contribution in [2.24, 2.45) is 0 Å². The van der Waals surface area contributed by atoms with Gasteiger partial charge in [0.25, 0.3) is 0 Å². The van der Waals surface area contributed by atoms with Crippen LogP contribution in [0.5, 0.6) is 11.5 Å². The van der Waals surface area contributed by atoms with E-state index in [2.05, 4.69) is 0 Å². The first-order chi connectivity index (χ1) is 15.7.